The van der Waals surface area contributed by atoms with E-state index in [-0.39, 0.29) is 16.1 Å². The fourth-order valence-electron chi connectivity index (χ4n) is 3.60. The van der Waals surface area contributed by atoms with Gasteiger partial charge in [0.05, 0.1) is 0 Å². The van der Waals surface area contributed by atoms with Crippen LogP contribution in [0.3, 0.4) is 0 Å². The maximum atomic E-state index is 12.7. The maximum absolute atomic E-state index is 12.7. The van der Waals surface area contributed by atoms with E-state index in [9.17, 15) is 9.90 Å². The van der Waals surface area contributed by atoms with Crippen molar-refractivity contribution in [3.8, 4) is 5.75 Å². The van der Waals surface area contributed by atoms with Gasteiger partial charge in [0.1, 0.15) is 16.4 Å². The Balaban J connectivity index is 1.83. The average Bonchev–Trinajstić information content (AvgIpc) is 3.39. The van der Waals surface area contributed by atoms with E-state index in [1.54, 1.807) is 6.07 Å². The molecule has 0 unspecified atom stereocenters. The molecule has 0 amide bonds. The fourth-order valence-corrected chi connectivity index (χ4v) is 4.68. The molecule has 0 saturated heterocycles. The Morgan fingerprint density at radius 1 is 1.19 bits per heavy atom. The molecule has 1 aliphatic carbocycles. The molecule has 1 fully saturated rings. The van der Waals surface area contributed by atoms with Gasteiger partial charge in [-0.05, 0) is 42.7 Å². The molecule has 1 aliphatic rings. The van der Waals surface area contributed by atoms with Crippen molar-refractivity contribution >= 4 is 11.8 Å². The molecule has 2 aromatic rings. The second-order valence-corrected chi connectivity index (χ2v) is 9.53. The predicted molar refractivity (Wildman–Crippen MR) is 111 cm³/mol. The number of hydrogen-bond donors (Lipinski definition) is 1. The number of rotatable bonds is 8. The first-order valence-electron chi connectivity index (χ1n) is 9.97. The van der Waals surface area contributed by atoms with Gasteiger partial charge in [-0.1, -0.05) is 70.5 Å². The number of aromatic hydroxyl groups is 1. The summed E-state index contributed by atoms with van der Waals surface area (Å²) in [6, 6.07) is 9.69. The Bertz CT molecular complexity index is 847. The van der Waals surface area contributed by atoms with Gasteiger partial charge in [-0.25, -0.2) is 4.79 Å². The first kappa shape index (κ1) is 20.1. The zero-order valence-electron chi connectivity index (χ0n) is 16.7. The third-order valence-corrected chi connectivity index (χ3v) is 6.63. The lowest BCUT2D eigenvalue weighted by molar-refractivity contribution is 0.358. The van der Waals surface area contributed by atoms with Gasteiger partial charge in [0, 0.05) is 16.4 Å². The largest absolute Gasteiger partial charge is 0.506 e. The summed E-state index contributed by atoms with van der Waals surface area (Å²) in [4.78, 5) is 13.9. The predicted octanol–water partition coefficient (Wildman–Crippen LogP) is 6.48. The van der Waals surface area contributed by atoms with Crippen LogP contribution in [0.25, 0.3) is 0 Å². The van der Waals surface area contributed by atoms with Crippen LogP contribution < -0.4 is 5.63 Å². The monoisotopic (exact) mass is 386 g/mol. The van der Waals surface area contributed by atoms with Gasteiger partial charge in [0.25, 0.3) is 0 Å². The third kappa shape index (κ3) is 4.60. The zero-order valence-corrected chi connectivity index (χ0v) is 17.6. The molecule has 4 heteroatoms. The zero-order chi connectivity index (χ0) is 19.6. The second kappa shape index (κ2) is 8.14. The molecule has 0 spiro atoms. The Morgan fingerprint density at radius 3 is 2.48 bits per heavy atom. The van der Waals surface area contributed by atoms with E-state index in [0.29, 0.717) is 17.6 Å². The Morgan fingerprint density at radius 2 is 1.89 bits per heavy atom. The van der Waals surface area contributed by atoms with Crippen molar-refractivity contribution in [3.63, 3.8) is 0 Å². The van der Waals surface area contributed by atoms with Gasteiger partial charge in [0.15, 0.2) is 0 Å². The molecule has 1 aromatic heterocycles. The van der Waals surface area contributed by atoms with Gasteiger partial charge < -0.3 is 9.52 Å². The van der Waals surface area contributed by atoms with Gasteiger partial charge in [-0.15, -0.1) is 0 Å². The van der Waals surface area contributed by atoms with Crippen LogP contribution in [0.15, 0.2) is 49.3 Å². The summed E-state index contributed by atoms with van der Waals surface area (Å²) in [6.07, 6.45) is 5.40. The molecule has 3 nitrogen and oxygen atoms in total. The molecule has 0 bridgehead atoms. The summed E-state index contributed by atoms with van der Waals surface area (Å²) in [5, 5.41) is 10.6. The SMILES string of the molecule is CC(C)CCCC1(c2cc(O)c(Sc3ccccc3C(C)C)c(=O)o2)CC1. The van der Waals surface area contributed by atoms with E-state index in [0.717, 1.165) is 36.1 Å². The normalized spacial score (nSPS) is 15.5. The highest BCUT2D eigenvalue weighted by atomic mass is 32.2. The summed E-state index contributed by atoms with van der Waals surface area (Å²) in [5.41, 5.74) is 0.700. The Labute approximate surface area is 166 Å². The quantitative estimate of drug-likeness (QED) is 0.564. The lowest BCUT2D eigenvalue weighted by atomic mass is 9.93. The number of benzene rings is 1. The van der Waals surface area contributed by atoms with E-state index in [2.05, 4.69) is 33.8 Å². The average molecular weight is 387 g/mol. The molecule has 3 rings (SSSR count). The van der Waals surface area contributed by atoms with E-state index in [1.165, 1.54) is 18.2 Å². The van der Waals surface area contributed by atoms with Crippen molar-refractivity contribution in [1.29, 1.82) is 0 Å². The van der Waals surface area contributed by atoms with Crippen molar-refractivity contribution in [2.75, 3.05) is 0 Å². The molecule has 27 heavy (non-hydrogen) atoms. The first-order chi connectivity index (χ1) is 12.8. The minimum Gasteiger partial charge on any atom is -0.506 e. The van der Waals surface area contributed by atoms with Crippen LogP contribution in [-0.2, 0) is 5.41 Å². The van der Waals surface area contributed by atoms with Crippen molar-refractivity contribution in [3.05, 3.63) is 52.1 Å². The summed E-state index contributed by atoms with van der Waals surface area (Å²) in [6.45, 7) is 8.71. The molecule has 0 radical (unpaired) electrons. The summed E-state index contributed by atoms with van der Waals surface area (Å²) >= 11 is 1.30. The minimum absolute atomic E-state index is 0.0371. The molecule has 1 N–H and O–H groups in total. The van der Waals surface area contributed by atoms with Crippen molar-refractivity contribution in [2.45, 2.75) is 80.9 Å². The van der Waals surface area contributed by atoms with Gasteiger partial charge >= 0.3 is 5.63 Å². The Hall–Kier alpha value is -1.68. The summed E-state index contributed by atoms with van der Waals surface area (Å²) in [7, 11) is 0. The second-order valence-electron chi connectivity index (χ2n) is 8.47. The molecule has 0 atom stereocenters. The van der Waals surface area contributed by atoms with Crippen LogP contribution in [0.4, 0.5) is 0 Å². The number of hydrogen-bond acceptors (Lipinski definition) is 4. The summed E-state index contributed by atoms with van der Waals surface area (Å²) < 4.78 is 5.71. The van der Waals surface area contributed by atoms with Crippen LogP contribution in [-0.4, -0.2) is 5.11 Å². The highest BCUT2D eigenvalue weighted by molar-refractivity contribution is 7.99. The van der Waals surface area contributed by atoms with Gasteiger partial charge in [0.2, 0.25) is 0 Å². The van der Waals surface area contributed by atoms with Crippen molar-refractivity contribution in [1.82, 2.24) is 0 Å². The lowest BCUT2D eigenvalue weighted by Gasteiger charge is -2.16. The van der Waals surface area contributed by atoms with Crippen LogP contribution in [0.1, 0.15) is 77.0 Å². The highest BCUT2D eigenvalue weighted by Crippen LogP contribution is 2.53. The van der Waals surface area contributed by atoms with Crippen LogP contribution in [0.5, 0.6) is 5.75 Å². The fraction of sp³-hybridized carbons (Fsp3) is 0.522. The smallest absolute Gasteiger partial charge is 0.353 e. The van der Waals surface area contributed by atoms with Crippen LogP contribution in [0.2, 0.25) is 0 Å². The molecular weight excluding hydrogens is 356 g/mol. The molecule has 1 aromatic carbocycles. The van der Waals surface area contributed by atoms with Crippen LogP contribution in [0, 0.1) is 5.92 Å². The molecule has 0 aliphatic heterocycles. The Kier molecular flexibility index (Phi) is 6.05. The van der Waals surface area contributed by atoms with Crippen molar-refractivity contribution < 1.29 is 9.52 Å². The summed E-state index contributed by atoms with van der Waals surface area (Å²) in [5.74, 6) is 1.73. The minimum atomic E-state index is -0.427. The van der Waals surface area contributed by atoms with Gasteiger partial charge in [-0.2, -0.15) is 0 Å². The molecule has 146 valence electrons. The molecular formula is C23H30O3S. The standard InChI is InChI=1S/C23H30O3S/c1-15(2)8-7-11-23(12-13-23)20-14-18(24)21(22(25)26-20)27-19-10-6-5-9-17(19)16(3)4/h5-6,9-10,14-16,24H,7-8,11-13H2,1-4H3. The molecule has 1 heterocycles. The third-order valence-electron chi connectivity index (χ3n) is 5.45. The topological polar surface area (TPSA) is 50.4 Å². The van der Waals surface area contributed by atoms with E-state index in [1.807, 2.05) is 18.2 Å². The maximum Gasteiger partial charge on any atom is 0.353 e. The molecule has 1 saturated carbocycles. The van der Waals surface area contributed by atoms with E-state index >= 15 is 0 Å². The highest BCUT2D eigenvalue weighted by Gasteiger charge is 2.46. The first-order valence-corrected chi connectivity index (χ1v) is 10.8. The van der Waals surface area contributed by atoms with Crippen LogP contribution >= 0.6 is 11.8 Å². The lowest BCUT2D eigenvalue weighted by Crippen LogP contribution is -2.13. The van der Waals surface area contributed by atoms with Crippen molar-refractivity contribution in [2.24, 2.45) is 5.92 Å². The van der Waals surface area contributed by atoms with Gasteiger partial charge in [-0.3, -0.25) is 0 Å². The van der Waals surface area contributed by atoms with E-state index in [4.69, 9.17) is 4.42 Å². The van der Waals surface area contributed by atoms with E-state index < -0.39 is 5.63 Å².